The van der Waals surface area contributed by atoms with E-state index >= 15 is 0 Å². The summed E-state index contributed by atoms with van der Waals surface area (Å²) in [7, 11) is 0. The Balaban J connectivity index is 2.01. The van der Waals surface area contributed by atoms with Crippen LogP contribution in [-0.4, -0.2) is 12.2 Å². The van der Waals surface area contributed by atoms with E-state index in [2.05, 4.69) is 37.8 Å². The largest absolute Gasteiger partial charge is 0.371 e. The second-order valence-electron chi connectivity index (χ2n) is 4.08. The number of benzene rings is 1. The van der Waals surface area contributed by atoms with Gasteiger partial charge in [-0.15, -0.1) is 6.58 Å². The Hall–Kier alpha value is -1.08. The first-order chi connectivity index (χ1) is 6.76. The van der Waals surface area contributed by atoms with Crippen LogP contribution in [0.2, 0.25) is 0 Å². The normalized spacial score (nSPS) is 29.9. The molecule has 0 saturated heterocycles. The number of rotatable bonds is 4. The highest BCUT2D eigenvalue weighted by Gasteiger charge is 2.51. The fraction of sp³-hybridized carbons (Fsp3) is 0.385. The lowest BCUT2D eigenvalue weighted by Gasteiger charge is -2.11. The molecule has 1 saturated carbocycles. The van der Waals surface area contributed by atoms with E-state index in [4.69, 9.17) is 4.74 Å². The molecule has 1 heteroatoms. The maximum Gasteiger partial charge on any atom is 0.0734 e. The molecule has 1 aliphatic carbocycles. The van der Waals surface area contributed by atoms with Crippen molar-refractivity contribution in [3.8, 4) is 0 Å². The maximum atomic E-state index is 5.74. The summed E-state index contributed by atoms with van der Waals surface area (Å²) in [5, 5.41) is 0. The maximum absolute atomic E-state index is 5.74. The van der Waals surface area contributed by atoms with E-state index in [1.54, 1.807) is 0 Å². The molecule has 0 heterocycles. The first-order valence-electron chi connectivity index (χ1n) is 5.06. The monoisotopic (exact) mass is 188 g/mol. The van der Waals surface area contributed by atoms with Crippen LogP contribution in [0.25, 0.3) is 0 Å². The minimum atomic E-state index is 0.0511. The van der Waals surface area contributed by atoms with Crippen molar-refractivity contribution in [2.24, 2.45) is 0 Å². The van der Waals surface area contributed by atoms with Gasteiger partial charge in [-0.3, -0.25) is 0 Å². The van der Waals surface area contributed by atoms with E-state index in [1.807, 2.05) is 12.1 Å². The molecule has 2 rings (SSSR count). The van der Waals surface area contributed by atoms with Gasteiger partial charge < -0.3 is 4.74 Å². The highest BCUT2D eigenvalue weighted by Crippen LogP contribution is 2.53. The Morgan fingerprint density at radius 2 is 2.21 bits per heavy atom. The third-order valence-electron chi connectivity index (χ3n) is 2.92. The molecule has 0 aromatic heterocycles. The molecule has 1 aromatic carbocycles. The topological polar surface area (TPSA) is 9.23 Å². The zero-order valence-electron chi connectivity index (χ0n) is 8.57. The van der Waals surface area contributed by atoms with Gasteiger partial charge in [0.05, 0.1) is 12.2 Å². The Morgan fingerprint density at radius 3 is 2.86 bits per heavy atom. The molecule has 0 aliphatic heterocycles. The summed E-state index contributed by atoms with van der Waals surface area (Å²) in [4.78, 5) is 0. The van der Waals surface area contributed by atoms with Gasteiger partial charge in [-0.2, -0.15) is 0 Å². The number of ether oxygens (including phenoxy) is 1. The molecule has 74 valence electrons. The second kappa shape index (κ2) is 3.58. The lowest BCUT2D eigenvalue weighted by Crippen LogP contribution is -2.11. The Morgan fingerprint density at radius 1 is 1.50 bits per heavy atom. The fourth-order valence-electron chi connectivity index (χ4n) is 1.91. The summed E-state index contributed by atoms with van der Waals surface area (Å²) in [5.41, 5.74) is 1.44. The van der Waals surface area contributed by atoms with Gasteiger partial charge in [0.15, 0.2) is 0 Å². The number of hydrogen-bond acceptors (Lipinski definition) is 1. The van der Waals surface area contributed by atoms with Crippen LogP contribution in [0, 0.1) is 0 Å². The minimum absolute atomic E-state index is 0.0511. The highest BCUT2D eigenvalue weighted by molar-refractivity contribution is 5.30. The second-order valence-corrected chi connectivity index (χ2v) is 4.08. The smallest absolute Gasteiger partial charge is 0.0734 e. The summed E-state index contributed by atoms with van der Waals surface area (Å²) in [6.45, 7) is 6.49. The van der Waals surface area contributed by atoms with E-state index in [0.29, 0.717) is 12.5 Å². The van der Waals surface area contributed by atoms with Gasteiger partial charge in [0.25, 0.3) is 0 Å². The minimum Gasteiger partial charge on any atom is -0.371 e. The van der Waals surface area contributed by atoms with E-state index < -0.39 is 0 Å². The van der Waals surface area contributed by atoms with Gasteiger partial charge in [-0.1, -0.05) is 36.4 Å². The van der Waals surface area contributed by atoms with Gasteiger partial charge in [-0.25, -0.2) is 0 Å². The van der Waals surface area contributed by atoms with E-state index in [9.17, 15) is 0 Å². The van der Waals surface area contributed by atoms with Crippen molar-refractivity contribution < 1.29 is 4.74 Å². The average Bonchev–Trinajstić information content (AvgIpc) is 2.90. The SMILES string of the molecule is C=CCO[C@]1(C)C[C@@H]1c1ccccc1. The van der Waals surface area contributed by atoms with Gasteiger partial charge in [0.1, 0.15) is 0 Å². The summed E-state index contributed by atoms with van der Waals surface area (Å²) in [6.07, 6.45) is 2.94. The van der Waals surface area contributed by atoms with E-state index in [-0.39, 0.29) is 5.60 Å². The molecule has 1 aliphatic rings. The van der Waals surface area contributed by atoms with Crippen LogP contribution in [0.5, 0.6) is 0 Å². The van der Waals surface area contributed by atoms with Crippen molar-refractivity contribution in [1.82, 2.24) is 0 Å². The molecule has 2 atom stereocenters. The Labute approximate surface area is 85.4 Å². The molecular formula is C13H16O. The predicted molar refractivity (Wildman–Crippen MR) is 58.4 cm³/mol. The van der Waals surface area contributed by atoms with Gasteiger partial charge in [0, 0.05) is 5.92 Å². The van der Waals surface area contributed by atoms with Gasteiger partial charge >= 0.3 is 0 Å². The number of hydrogen-bond donors (Lipinski definition) is 0. The van der Waals surface area contributed by atoms with Crippen LogP contribution >= 0.6 is 0 Å². The fourth-order valence-corrected chi connectivity index (χ4v) is 1.91. The molecule has 1 aromatic rings. The Bertz CT molecular complexity index is 317. The third kappa shape index (κ3) is 1.73. The standard InChI is InChI=1S/C13H16O/c1-3-9-14-13(2)10-12(13)11-7-5-4-6-8-11/h3-8,12H,1,9-10H2,2H3/t12-,13-/m1/s1. The first kappa shape index (κ1) is 9.47. The zero-order chi connectivity index (χ0) is 10.0. The molecular weight excluding hydrogens is 172 g/mol. The van der Waals surface area contributed by atoms with Gasteiger partial charge in [0.2, 0.25) is 0 Å². The highest BCUT2D eigenvalue weighted by atomic mass is 16.5. The molecule has 0 radical (unpaired) electrons. The zero-order valence-corrected chi connectivity index (χ0v) is 8.57. The average molecular weight is 188 g/mol. The van der Waals surface area contributed by atoms with Crippen molar-refractivity contribution in [2.45, 2.75) is 24.9 Å². The molecule has 0 N–H and O–H groups in total. The van der Waals surface area contributed by atoms with Crippen molar-refractivity contribution in [3.05, 3.63) is 48.6 Å². The lowest BCUT2D eigenvalue weighted by atomic mass is 10.1. The summed E-state index contributed by atoms with van der Waals surface area (Å²) < 4.78 is 5.74. The molecule has 0 spiro atoms. The van der Waals surface area contributed by atoms with Crippen LogP contribution in [0.4, 0.5) is 0 Å². The lowest BCUT2D eigenvalue weighted by molar-refractivity contribution is 0.0627. The summed E-state index contributed by atoms with van der Waals surface area (Å²) >= 11 is 0. The Kier molecular flexibility index (Phi) is 2.42. The van der Waals surface area contributed by atoms with Crippen molar-refractivity contribution >= 4 is 0 Å². The quantitative estimate of drug-likeness (QED) is 0.659. The van der Waals surface area contributed by atoms with Crippen LogP contribution in [0.3, 0.4) is 0 Å². The van der Waals surface area contributed by atoms with Crippen LogP contribution in [-0.2, 0) is 4.74 Å². The van der Waals surface area contributed by atoms with Crippen LogP contribution < -0.4 is 0 Å². The molecule has 0 unspecified atom stereocenters. The summed E-state index contributed by atoms with van der Waals surface area (Å²) in [6, 6.07) is 10.6. The predicted octanol–water partition coefficient (Wildman–Crippen LogP) is 3.14. The van der Waals surface area contributed by atoms with Gasteiger partial charge in [-0.05, 0) is 18.9 Å². The van der Waals surface area contributed by atoms with E-state index in [1.165, 1.54) is 5.56 Å². The molecule has 0 bridgehead atoms. The molecule has 0 amide bonds. The summed E-state index contributed by atoms with van der Waals surface area (Å²) in [5.74, 6) is 0.573. The van der Waals surface area contributed by atoms with Crippen LogP contribution in [0.15, 0.2) is 43.0 Å². The third-order valence-corrected chi connectivity index (χ3v) is 2.92. The molecule has 14 heavy (non-hydrogen) atoms. The van der Waals surface area contributed by atoms with Crippen molar-refractivity contribution in [1.29, 1.82) is 0 Å². The first-order valence-corrected chi connectivity index (χ1v) is 5.06. The molecule has 1 nitrogen and oxygen atoms in total. The van der Waals surface area contributed by atoms with E-state index in [0.717, 1.165) is 6.42 Å². The molecule has 1 fully saturated rings. The van der Waals surface area contributed by atoms with Crippen LogP contribution in [0.1, 0.15) is 24.8 Å². The van der Waals surface area contributed by atoms with Crippen molar-refractivity contribution in [2.75, 3.05) is 6.61 Å². The van der Waals surface area contributed by atoms with Crippen molar-refractivity contribution in [3.63, 3.8) is 0 Å².